The van der Waals surface area contributed by atoms with Crippen molar-refractivity contribution in [2.75, 3.05) is 11.5 Å². The van der Waals surface area contributed by atoms with Crippen LogP contribution in [0.25, 0.3) is 0 Å². The molecule has 4 nitrogen and oxygen atoms in total. The number of ether oxygens (including phenoxy) is 2. The van der Waals surface area contributed by atoms with Gasteiger partial charge in [0.25, 0.3) is 0 Å². The normalized spacial score (nSPS) is 12.6. The second kappa shape index (κ2) is 9.36. The Labute approximate surface area is 202 Å². The molecule has 17 heteroatoms. The Bertz CT molecular complexity index is 1400. The summed E-state index contributed by atoms with van der Waals surface area (Å²) in [5, 5.41) is 0. The van der Waals surface area contributed by atoms with Crippen LogP contribution < -0.4 is 20.9 Å². The molecule has 0 amide bonds. The summed E-state index contributed by atoms with van der Waals surface area (Å²) in [5.41, 5.74) is 0.408. The first kappa shape index (κ1) is 28.5. The lowest BCUT2D eigenvalue weighted by atomic mass is 10.1. The molecule has 0 heterocycles. The van der Waals surface area contributed by atoms with Crippen LogP contribution in [0.3, 0.4) is 0 Å². The van der Waals surface area contributed by atoms with E-state index in [9.17, 15) is 57.1 Å². The number of nitrogens with two attached hydrogens (primary N) is 2. The third kappa shape index (κ3) is 5.45. The first-order chi connectivity index (χ1) is 17.2. The molecule has 0 saturated carbocycles. The molecule has 0 radical (unpaired) electrons. The van der Waals surface area contributed by atoms with Gasteiger partial charge in [-0.2, -0.15) is 39.5 Å². The minimum absolute atomic E-state index is 0.135. The molecule has 0 unspecified atom stereocenters. The van der Waals surface area contributed by atoms with E-state index >= 15 is 0 Å². The SMILES string of the molecule is Nc1c(F)c(Oc2ccc(C(F)(F)F)c(Oc3cc(C(F)(F)F)c(F)c(N)c3F)c2)cc(C(F)(F)F)c1F. The fourth-order valence-electron chi connectivity index (χ4n) is 2.96. The molecule has 3 rings (SSSR count). The summed E-state index contributed by atoms with van der Waals surface area (Å²) in [7, 11) is 0. The van der Waals surface area contributed by atoms with Crippen LogP contribution >= 0.6 is 0 Å². The van der Waals surface area contributed by atoms with Crippen LogP contribution in [0.1, 0.15) is 16.7 Å². The molecule has 0 atom stereocenters. The Morgan fingerprint density at radius 2 is 0.868 bits per heavy atom. The molecule has 0 fully saturated rings. The third-order valence-electron chi connectivity index (χ3n) is 4.72. The Hall–Kier alpha value is -4.05. The van der Waals surface area contributed by atoms with Crippen molar-refractivity contribution in [3.63, 3.8) is 0 Å². The van der Waals surface area contributed by atoms with Crippen molar-refractivity contribution in [2.24, 2.45) is 0 Å². The maximum absolute atomic E-state index is 14.3. The van der Waals surface area contributed by atoms with E-state index in [2.05, 4.69) is 4.74 Å². The van der Waals surface area contributed by atoms with Gasteiger partial charge in [0.1, 0.15) is 22.9 Å². The number of anilines is 2. The fourth-order valence-corrected chi connectivity index (χ4v) is 2.96. The summed E-state index contributed by atoms with van der Waals surface area (Å²) in [4.78, 5) is 0. The minimum Gasteiger partial charge on any atom is -0.454 e. The van der Waals surface area contributed by atoms with E-state index in [1.807, 2.05) is 0 Å². The monoisotopic (exact) mass is 568 g/mol. The van der Waals surface area contributed by atoms with Gasteiger partial charge in [-0.15, -0.1) is 0 Å². The highest BCUT2D eigenvalue weighted by molar-refractivity contribution is 5.56. The summed E-state index contributed by atoms with van der Waals surface area (Å²) >= 11 is 0. The highest BCUT2D eigenvalue weighted by Gasteiger charge is 2.40. The average molecular weight is 568 g/mol. The number of alkyl halides is 9. The Kier molecular flexibility index (Phi) is 7.02. The lowest BCUT2D eigenvalue weighted by molar-refractivity contribution is -0.141. The van der Waals surface area contributed by atoms with Crippen LogP contribution in [0.15, 0.2) is 30.3 Å². The predicted molar refractivity (Wildman–Crippen MR) is 103 cm³/mol. The van der Waals surface area contributed by atoms with Gasteiger partial charge in [0.05, 0.1) is 16.7 Å². The molecule has 0 aliphatic rings. The van der Waals surface area contributed by atoms with Crippen molar-refractivity contribution in [3.05, 3.63) is 70.3 Å². The number of benzene rings is 3. The largest absolute Gasteiger partial charge is 0.454 e. The van der Waals surface area contributed by atoms with Gasteiger partial charge in [0, 0.05) is 6.07 Å². The van der Waals surface area contributed by atoms with Crippen LogP contribution in [-0.2, 0) is 18.5 Å². The maximum atomic E-state index is 14.3. The first-order valence-electron chi connectivity index (χ1n) is 9.49. The molecule has 0 spiro atoms. The molecule has 0 aromatic heterocycles. The highest BCUT2D eigenvalue weighted by atomic mass is 19.4. The number of nitrogen functional groups attached to an aromatic ring is 2. The van der Waals surface area contributed by atoms with Crippen molar-refractivity contribution in [1.82, 2.24) is 0 Å². The van der Waals surface area contributed by atoms with Gasteiger partial charge in [-0.1, -0.05) is 0 Å². The second-order valence-electron chi connectivity index (χ2n) is 7.28. The number of rotatable bonds is 4. The zero-order chi connectivity index (χ0) is 29.0. The topological polar surface area (TPSA) is 70.5 Å². The summed E-state index contributed by atoms with van der Waals surface area (Å²) in [5.74, 6) is -13.9. The van der Waals surface area contributed by atoms with E-state index in [4.69, 9.17) is 16.2 Å². The van der Waals surface area contributed by atoms with Crippen molar-refractivity contribution in [1.29, 1.82) is 0 Å². The van der Waals surface area contributed by atoms with Crippen molar-refractivity contribution in [2.45, 2.75) is 18.5 Å². The Morgan fingerprint density at radius 1 is 0.474 bits per heavy atom. The van der Waals surface area contributed by atoms with Crippen LogP contribution in [0.5, 0.6) is 23.0 Å². The van der Waals surface area contributed by atoms with Gasteiger partial charge in [0.2, 0.25) is 0 Å². The number of hydrogen-bond donors (Lipinski definition) is 2. The molecule has 0 bridgehead atoms. The third-order valence-corrected chi connectivity index (χ3v) is 4.72. The standard InChI is InChI=1S/C21H9F13N2O2/c22-13-8(20(29,30)31)4-11(15(24)17(13)35)37-6-1-2-7(19(26,27)28)10(3-6)38-12-5-9(21(32,33)34)14(23)18(36)16(12)25/h1-5H,35-36H2. The zero-order valence-corrected chi connectivity index (χ0v) is 17.8. The van der Waals surface area contributed by atoms with Crippen molar-refractivity contribution in [3.8, 4) is 23.0 Å². The molecule has 206 valence electrons. The average Bonchev–Trinajstić information content (AvgIpc) is 2.77. The molecule has 3 aromatic rings. The van der Waals surface area contributed by atoms with Crippen LogP contribution in [-0.4, -0.2) is 0 Å². The molecular weight excluding hydrogens is 559 g/mol. The smallest absolute Gasteiger partial charge is 0.419 e. The lowest BCUT2D eigenvalue weighted by Crippen LogP contribution is -2.13. The quantitative estimate of drug-likeness (QED) is 0.247. The van der Waals surface area contributed by atoms with Crippen molar-refractivity contribution < 1.29 is 66.5 Å². The first-order valence-corrected chi connectivity index (χ1v) is 9.49. The fraction of sp³-hybridized carbons (Fsp3) is 0.143. The number of halogens is 13. The van der Waals surface area contributed by atoms with Gasteiger partial charge in [-0.3, -0.25) is 0 Å². The Balaban J connectivity index is 2.15. The van der Waals surface area contributed by atoms with Crippen LogP contribution in [0.2, 0.25) is 0 Å². The van der Waals surface area contributed by atoms with Gasteiger partial charge in [-0.05, 0) is 24.3 Å². The molecule has 3 aromatic carbocycles. The molecule has 0 aliphatic carbocycles. The molecule has 38 heavy (non-hydrogen) atoms. The summed E-state index contributed by atoms with van der Waals surface area (Å²) < 4.78 is 184. The van der Waals surface area contributed by atoms with E-state index in [0.29, 0.717) is 6.07 Å². The van der Waals surface area contributed by atoms with Crippen LogP contribution in [0.4, 0.5) is 68.5 Å². The predicted octanol–water partition coefficient (Wildman–Crippen LogP) is 8.05. The van der Waals surface area contributed by atoms with E-state index in [-0.39, 0.29) is 24.3 Å². The van der Waals surface area contributed by atoms with E-state index in [1.165, 1.54) is 0 Å². The van der Waals surface area contributed by atoms with E-state index in [0.717, 1.165) is 0 Å². The Morgan fingerprint density at radius 3 is 1.26 bits per heavy atom. The second-order valence-corrected chi connectivity index (χ2v) is 7.28. The highest BCUT2D eigenvalue weighted by Crippen LogP contribution is 2.45. The zero-order valence-electron chi connectivity index (χ0n) is 17.8. The molecular formula is C21H9F13N2O2. The van der Waals surface area contributed by atoms with Crippen molar-refractivity contribution >= 4 is 11.4 Å². The van der Waals surface area contributed by atoms with E-state index in [1.54, 1.807) is 0 Å². The number of hydrogen-bond acceptors (Lipinski definition) is 4. The van der Waals surface area contributed by atoms with Gasteiger partial charge in [-0.25, -0.2) is 17.6 Å². The molecule has 0 saturated heterocycles. The van der Waals surface area contributed by atoms with Gasteiger partial charge < -0.3 is 20.9 Å². The lowest BCUT2D eigenvalue weighted by Gasteiger charge is -2.18. The van der Waals surface area contributed by atoms with Gasteiger partial charge in [0.15, 0.2) is 34.8 Å². The molecule has 4 N–H and O–H groups in total. The summed E-state index contributed by atoms with van der Waals surface area (Å²) in [6, 6.07) is 0.204. The minimum atomic E-state index is -5.49. The van der Waals surface area contributed by atoms with Gasteiger partial charge >= 0.3 is 18.5 Å². The summed E-state index contributed by atoms with van der Waals surface area (Å²) in [6.45, 7) is 0. The maximum Gasteiger partial charge on any atom is 0.419 e. The van der Waals surface area contributed by atoms with E-state index < -0.39 is 92.9 Å². The summed E-state index contributed by atoms with van der Waals surface area (Å²) in [6.07, 6.45) is -16.2. The van der Waals surface area contributed by atoms with Crippen LogP contribution in [0, 0.1) is 23.3 Å². The molecule has 0 aliphatic heterocycles.